The lowest BCUT2D eigenvalue weighted by Crippen LogP contribution is -2.19. The summed E-state index contributed by atoms with van der Waals surface area (Å²) in [5.74, 6) is 2.87. The fourth-order valence-corrected chi connectivity index (χ4v) is 2.51. The monoisotopic (exact) mass is 302 g/mol. The Hall–Kier alpha value is -0.150. The molecule has 0 amide bonds. The van der Waals surface area contributed by atoms with Gasteiger partial charge in [0.05, 0.1) is 11.1 Å². The van der Waals surface area contributed by atoms with Gasteiger partial charge in [0.1, 0.15) is 5.75 Å². The minimum Gasteiger partial charge on any atom is -0.492 e. The molecule has 0 aliphatic rings. The second kappa shape index (κ2) is 6.55. The number of aryl methyl sites for hydroxylation is 1. The Bertz CT molecular complexity index is 339. The number of halogens is 1. The van der Waals surface area contributed by atoms with Gasteiger partial charge >= 0.3 is 0 Å². The normalized spacial score (nSPS) is 12.9. The maximum atomic E-state index is 5.81. The van der Waals surface area contributed by atoms with Crippen LogP contribution >= 0.6 is 28.6 Å². The lowest BCUT2D eigenvalue weighted by Gasteiger charge is -2.19. The molecule has 1 unspecified atom stereocenters. The first-order chi connectivity index (χ1) is 7.54. The number of rotatable bonds is 5. The Balaban J connectivity index is 2.60. The zero-order valence-corrected chi connectivity index (χ0v) is 12.5. The van der Waals surface area contributed by atoms with Crippen LogP contribution in [0.5, 0.6) is 5.75 Å². The van der Waals surface area contributed by atoms with Gasteiger partial charge < -0.3 is 4.74 Å². The van der Waals surface area contributed by atoms with E-state index in [1.165, 1.54) is 5.56 Å². The second-order valence-corrected chi connectivity index (χ2v) is 5.65. The van der Waals surface area contributed by atoms with E-state index in [0.29, 0.717) is 11.8 Å². The summed E-state index contributed by atoms with van der Waals surface area (Å²) in [5.41, 5.74) is 1.23. The minimum atomic E-state index is 0.497. The van der Waals surface area contributed by atoms with E-state index in [1.54, 1.807) is 0 Å². The van der Waals surface area contributed by atoms with E-state index in [1.807, 2.05) is 6.07 Å². The van der Waals surface area contributed by atoms with Crippen LogP contribution in [-0.4, -0.2) is 12.4 Å². The number of ether oxygens (including phenoxy) is 1. The maximum Gasteiger partial charge on any atom is 0.133 e. The first kappa shape index (κ1) is 13.9. The molecule has 3 heteroatoms. The maximum absolute atomic E-state index is 5.81. The molecule has 0 N–H and O–H groups in total. The van der Waals surface area contributed by atoms with Gasteiger partial charge in [-0.05, 0) is 52.2 Å². The quantitative estimate of drug-likeness (QED) is 0.796. The first-order valence-electron chi connectivity index (χ1n) is 5.54. The molecule has 1 nitrogen and oxygen atoms in total. The third kappa shape index (κ3) is 4.02. The number of benzene rings is 1. The third-order valence-electron chi connectivity index (χ3n) is 2.72. The molecule has 0 aliphatic heterocycles. The fourth-order valence-electron chi connectivity index (χ4n) is 1.38. The predicted octanol–water partition coefficient (Wildman–Crippen LogP) is 4.34. The molecule has 1 atom stereocenters. The third-order valence-corrected chi connectivity index (χ3v) is 3.81. The van der Waals surface area contributed by atoms with Gasteiger partial charge in [0.25, 0.3) is 0 Å². The Morgan fingerprint density at radius 1 is 1.38 bits per heavy atom. The molecular formula is C13H19BrOS. The van der Waals surface area contributed by atoms with Crippen LogP contribution in [0.25, 0.3) is 0 Å². The molecule has 16 heavy (non-hydrogen) atoms. The SMILES string of the molecule is Cc1ccc(OCC(CS)C(C)C)c(Br)c1. The van der Waals surface area contributed by atoms with Gasteiger partial charge in [-0.15, -0.1) is 0 Å². The summed E-state index contributed by atoms with van der Waals surface area (Å²) in [7, 11) is 0. The van der Waals surface area contributed by atoms with Gasteiger partial charge in [0, 0.05) is 5.92 Å². The smallest absolute Gasteiger partial charge is 0.133 e. The molecule has 1 rings (SSSR count). The highest BCUT2D eigenvalue weighted by Gasteiger charge is 2.13. The van der Waals surface area contributed by atoms with Crippen molar-refractivity contribution in [2.45, 2.75) is 20.8 Å². The summed E-state index contributed by atoms with van der Waals surface area (Å²) in [6.07, 6.45) is 0. The van der Waals surface area contributed by atoms with Crippen LogP contribution in [-0.2, 0) is 0 Å². The van der Waals surface area contributed by atoms with Crippen molar-refractivity contribution in [2.24, 2.45) is 11.8 Å². The van der Waals surface area contributed by atoms with Gasteiger partial charge in [0.2, 0.25) is 0 Å². The molecule has 0 aliphatic carbocycles. The zero-order chi connectivity index (χ0) is 12.1. The van der Waals surface area contributed by atoms with Crippen LogP contribution in [0, 0.1) is 18.8 Å². The Labute approximate surface area is 112 Å². The molecule has 90 valence electrons. The molecule has 0 spiro atoms. The van der Waals surface area contributed by atoms with E-state index in [9.17, 15) is 0 Å². The average molecular weight is 303 g/mol. The minimum absolute atomic E-state index is 0.497. The molecule has 0 bridgehead atoms. The highest BCUT2D eigenvalue weighted by molar-refractivity contribution is 9.10. The highest BCUT2D eigenvalue weighted by Crippen LogP contribution is 2.26. The van der Waals surface area contributed by atoms with E-state index in [-0.39, 0.29) is 0 Å². The van der Waals surface area contributed by atoms with Crippen LogP contribution < -0.4 is 4.74 Å². The number of hydrogen-bond donors (Lipinski definition) is 1. The van der Waals surface area contributed by atoms with Crippen LogP contribution in [0.1, 0.15) is 19.4 Å². The zero-order valence-electron chi connectivity index (χ0n) is 10.0. The van der Waals surface area contributed by atoms with Crippen molar-refractivity contribution >= 4 is 28.6 Å². The predicted molar refractivity (Wildman–Crippen MR) is 76.6 cm³/mol. The standard InChI is InChI=1S/C13H19BrOS/c1-9(2)11(8-16)7-15-13-5-4-10(3)6-12(13)14/h4-6,9,11,16H,7-8H2,1-3H3. The Morgan fingerprint density at radius 2 is 2.06 bits per heavy atom. The van der Waals surface area contributed by atoms with Gasteiger partial charge in [0.15, 0.2) is 0 Å². The molecule has 0 aromatic heterocycles. The highest BCUT2D eigenvalue weighted by atomic mass is 79.9. The summed E-state index contributed by atoms with van der Waals surface area (Å²) >= 11 is 7.86. The molecule has 0 fully saturated rings. The summed E-state index contributed by atoms with van der Waals surface area (Å²) in [6, 6.07) is 6.14. The molecular weight excluding hydrogens is 284 g/mol. The molecule has 0 heterocycles. The van der Waals surface area contributed by atoms with Gasteiger partial charge in [-0.3, -0.25) is 0 Å². The Morgan fingerprint density at radius 3 is 2.56 bits per heavy atom. The summed E-state index contributed by atoms with van der Waals surface area (Å²) < 4.78 is 6.83. The van der Waals surface area contributed by atoms with Crippen LogP contribution in [0.2, 0.25) is 0 Å². The van der Waals surface area contributed by atoms with Crippen LogP contribution in [0.4, 0.5) is 0 Å². The van der Waals surface area contributed by atoms with Gasteiger partial charge in [-0.1, -0.05) is 19.9 Å². The van der Waals surface area contributed by atoms with E-state index in [4.69, 9.17) is 4.74 Å². The first-order valence-corrected chi connectivity index (χ1v) is 6.97. The second-order valence-electron chi connectivity index (χ2n) is 4.43. The van der Waals surface area contributed by atoms with E-state index in [0.717, 1.165) is 22.6 Å². The molecule has 0 saturated heterocycles. The summed E-state index contributed by atoms with van der Waals surface area (Å²) in [6.45, 7) is 7.20. The molecule has 1 aromatic carbocycles. The van der Waals surface area contributed by atoms with Crippen molar-refractivity contribution in [3.63, 3.8) is 0 Å². The largest absolute Gasteiger partial charge is 0.492 e. The topological polar surface area (TPSA) is 9.23 Å². The van der Waals surface area contributed by atoms with Crippen molar-refractivity contribution in [2.75, 3.05) is 12.4 Å². The van der Waals surface area contributed by atoms with Crippen LogP contribution in [0.15, 0.2) is 22.7 Å². The number of thiol groups is 1. The average Bonchev–Trinajstić information content (AvgIpc) is 2.21. The van der Waals surface area contributed by atoms with E-state index >= 15 is 0 Å². The lowest BCUT2D eigenvalue weighted by molar-refractivity contribution is 0.226. The van der Waals surface area contributed by atoms with E-state index < -0.39 is 0 Å². The van der Waals surface area contributed by atoms with Crippen molar-refractivity contribution in [3.05, 3.63) is 28.2 Å². The van der Waals surface area contributed by atoms with Gasteiger partial charge in [-0.25, -0.2) is 0 Å². The Kier molecular flexibility index (Phi) is 5.70. The molecule has 0 saturated carbocycles. The van der Waals surface area contributed by atoms with Crippen molar-refractivity contribution in [3.8, 4) is 5.75 Å². The molecule has 1 aromatic rings. The van der Waals surface area contributed by atoms with Crippen LogP contribution in [0.3, 0.4) is 0 Å². The van der Waals surface area contributed by atoms with Crippen molar-refractivity contribution in [1.82, 2.24) is 0 Å². The fraction of sp³-hybridized carbons (Fsp3) is 0.538. The van der Waals surface area contributed by atoms with Crippen molar-refractivity contribution < 1.29 is 4.74 Å². The summed E-state index contributed by atoms with van der Waals surface area (Å²) in [5, 5.41) is 0. The molecule has 0 radical (unpaired) electrons. The lowest BCUT2D eigenvalue weighted by atomic mass is 9.99. The number of hydrogen-bond acceptors (Lipinski definition) is 2. The van der Waals surface area contributed by atoms with Crippen molar-refractivity contribution in [1.29, 1.82) is 0 Å². The van der Waals surface area contributed by atoms with E-state index in [2.05, 4.69) is 61.5 Å². The van der Waals surface area contributed by atoms with Gasteiger partial charge in [-0.2, -0.15) is 12.6 Å². The summed E-state index contributed by atoms with van der Waals surface area (Å²) in [4.78, 5) is 0.